The molecule has 0 bridgehead atoms. The van der Waals surface area contributed by atoms with Gasteiger partial charge in [0.25, 0.3) is 0 Å². The summed E-state index contributed by atoms with van der Waals surface area (Å²) < 4.78 is 5.43. The summed E-state index contributed by atoms with van der Waals surface area (Å²) in [6, 6.07) is 13.5. The fourth-order valence-corrected chi connectivity index (χ4v) is 3.38. The van der Waals surface area contributed by atoms with Crippen molar-refractivity contribution >= 4 is 11.8 Å². The Morgan fingerprint density at radius 1 is 1.20 bits per heavy atom. The van der Waals surface area contributed by atoms with E-state index in [0.29, 0.717) is 19.6 Å². The summed E-state index contributed by atoms with van der Waals surface area (Å²) in [7, 11) is 0. The van der Waals surface area contributed by atoms with Gasteiger partial charge in [-0.1, -0.05) is 30.3 Å². The molecule has 1 aromatic carbocycles. The van der Waals surface area contributed by atoms with E-state index in [0.717, 1.165) is 25.0 Å². The lowest BCUT2D eigenvalue weighted by molar-refractivity contribution is -0.143. The van der Waals surface area contributed by atoms with E-state index in [1.165, 1.54) is 12.5 Å². The van der Waals surface area contributed by atoms with Gasteiger partial charge in [-0.05, 0) is 37.0 Å². The quantitative estimate of drug-likeness (QED) is 0.812. The summed E-state index contributed by atoms with van der Waals surface area (Å²) in [5.41, 5.74) is 1.19. The standard InChI is InChI=1S/C20H24N2O3/c1-16(23)22-12-5-10-19(22)20(24)21(15-18-9-6-14-25-18)13-11-17-7-3-2-4-8-17/h2-4,6-9,14,19H,5,10-13,15H2,1H3/t19-/m0/s1. The maximum absolute atomic E-state index is 13.1. The van der Waals surface area contributed by atoms with Crippen molar-refractivity contribution in [3.8, 4) is 0 Å². The van der Waals surface area contributed by atoms with E-state index < -0.39 is 0 Å². The van der Waals surface area contributed by atoms with Gasteiger partial charge in [-0.3, -0.25) is 9.59 Å². The smallest absolute Gasteiger partial charge is 0.245 e. The highest BCUT2D eigenvalue weighted by molar-refractivity contribution is 5.87. The first-order chi connectivity index (χ1) is 12.1. The Labute approximate surface area is 148 Å². The Morgan fingerprint density at radius 2 is 2.00 bits per heavy atom. The van der Waals surface area contributed by atoms with Crippen LogP contribution >= 0.6 is 0 Å². The molecule has 1 aliphatic rings. The minimum Gasteiger partial charge on any atom is -0.467 e. The van der Waals surface area contributed by atoms with Crippen molar-refractivity contribution in [1.82, 2.24) is 9.80 Å². The lowest BCUT2D eigenvalue weighted by Crippen LogP contribution is -2.47. The summed E-state index contributed by atoms with van der Waals surface area (Å²) >= 11 is 0. The summed E-state index contributed by atoms with van der Waals surface area (Å²) in [5.74, 6) is 0.741. The monoisotopic (exact) mass is 340 g/mol. The molecule has 132 valence electrons. The molecule has 5 nitrogen and oxygen atoms in total. The van der Waals surface area contributed by atoms with Crippen LogP contribution in [-0.2, 0) is 22.6 Å². The normalized spacial score (nSPS) is 16.8. The minimum atomic E-state index is -0.344. The molecule has 1 saturated heterocycles. The Bertz CT molecular complexity index is 697. The second-order valence-corrected chi connectivity index (χ2v) is 6.45. The van der Waals surface area contributed by atoms with E-state index >= 15 is 0 Å². The predicted molar refractivity (Wildman–Crippen MR) is 94.7 cm³/mol. The molecule has 0 N–H and O–H groups in total. The predicted octanol–water partition coefficient (Wildman–Crippen LogP) is 2.86. The van der Waals surface area contributed by atoms with Gasteiger partial charge in [-0.25, -0.2) is 0 Å². The number of carbonyl (C=O) groups excluding carboxylic acids is 2. The van der Waals surface area contributed by atoms with Crippen LogP contribution in [0, 0.1) is 0 Å². The second kappa shape index (κ2) is 8.01. The topological polar surface area (TPSA) is 53.8 Å². The minimum absolute atomic E-state index is 0.0139. The fourth-order valence-electron chi connectivity index (χ4n) is 3.38. The van der Waals surface area contributed by atoms with E-state index in [4.69, 9.17) is 4.42 Å². The third kappa shape index (κ3) is 4.29. The lowest BCUT2D eigenvalue weighted by atomic mass is 10.1. The maximum Gasteiger partial charge on any atom is 0.245 e. The second-order valence-electron chi connectivity index (χ2n) is 6.45. The van der Waals surface area contributed by atoms with Crippen molar-refractivity contribution in [3.05, 3.63) is 60.1 Å². The van der Waals surface area contributed by atoms with Crippen molar-refractivity contribution in [2.45, 2.75) is 38.8 Å². The summed E-state index contributed by atoms with van der Waals surface area (Å²) in [6.07, 6.45) is 4.01. The molecular weight excluding hydrogens is 316 g/mol. The van der Waals surface area contributed by atoms with E-state index in [2.05, 4.69) is 12.1 Å². The molecule has 0 unspecified atom stereocenters. The van der Waals surface area contributed by atoms with Crippen molar-refractivity contribution < 1.29 is 14.0 Å². The molecule has 3 rings (SSSR count). The van der Waals surface area contributed by atoms with Crippen LogP contribution < -0.4 is 0 Å². The van der Waals surface area contributed by atoms with Crippen LogP contribution in [0.4, 0.5) is 0 Å². The zero-order valence-electron chi connectivity index (χ0n) is 14.6. The molecule has 1 aromatic heterocycles. The van der Waals surface area contributed by atoms with E-state index in [1.54, 1.807) is 11.2 Å². The van der Waals surface area contributed by atoms with Gasteiger partial charge < -0.3 is 14.2 Å². The highest BCUT2D eigenvalue weighted by atomic mass is 16.3. The van der Waals surface area contributed by atoms with Crippen LogP contribution in [0.2, 0.25) is 0 Å². The Morgan fingerprint density at radius 3 is 2.68 bits per heavy atom. The Kier molecular flexibility index (Phi) is 5.53. The average Bonchev–Trinajstić information content (AvgIpc) is 3.30. The molecule has 1 aliphatic heterocycles. The first kappa shape index (κ1) is 17.3. The van der Waals surface area contributed by atoms with Crippen LogP contribution in [0.5, 0.6) is 0 Å². The van der Waals surface area contributed by atoms with E-state index in [1.807, 2.05) is 35.2 Å². The Hall–Kier alpha value is -2.56. The SMILES string of the molecule is CC(=O)N1CCC[C@H]1C(=O)N(CCc1ccccc1)Cc1ccco1. The third-order valence-corrected chi connectivity index (χ3v) is 4.69. The molecule has 2 heterocycles. The molecule has 0 saturated carbocycles. The zero-order valence-corrected chi connectivity index (χ0v) is 14.6. The van der Waals surface area contributed by atoms with Gasteiger partial charge in [0.15, 0.2) is 0 Å². The van der Waals surface area contributed by atoms with Crippen LogP contribution in [0.1, 0.15) is 31.1 Å². The first-order valence-electron chi connectivity index (χ1n) is 8.77. The third-order valence-electron chi connectivity index (χ3n) is 4.69. The van der Waals surface area contributed by atoms with Gasteiger partial charge in [0.1, 0.15) is 11.8 Å². The number of likely N-dealkylation sites (tertiary alicyclic amines) is 1. The van der Waals surface area contributed by atoms with Crippen LogP contribution in [0.25, 0.3) is 0 Å². The molecule has 2 amide bonds. The summed E-state index contributed by atoms with van der Waals surface area (Å²) in [5, 5.41) is 0. The molecule has 5 heteroatoms. The number of amides is 2. The molecule has 25 heavy (non-hydrogen) atoms. The van der Waals surface area contributed by atoms with E-state index in [-0.39, 0.29) is 17.9 Å². The number of hydrogen-bond donors (Lipinski definition) is 0. The van der Waals surface area contributed by atoms with Crippen molar-refractivity contribution in [2.24, 2.45) is 0 Å². The number of hydrogen-bond acceptors (Lipinski definition) is 3. The van der Waals surface area contributed by atoms with Crippen LogP contribution in [-0.4, -0.2) is 40.7 Å². The molecule has 0 radical (unpaired) electrons. The van der Waals surface area contributed by atoms with Gasteiger partial charge in [0.2, 0.25) is 11.8 Å². The van der Waals surface area contributed by atoms with Gasteiger partial charge in [0, 0.05) is 20.0 Å². The molecule has 0 spiro atoms. The fraction of sp³-hybridized carbons (Fsp3) is 0.400. The van der Waals surface area contributed by atoms with Crippen molar-refractivity contribution in [2.75, 3.05) is 13.1 Å². The molecule has 1 atom stereocenters. The van der Waals surface area contributed by atoms with Gasteiger partial charge in [0.05, 0.1) is 12.8 Å². The molecule has 1 fully saturated rings. The van der Waals surface area contributed by atoms with Gasteiger partial charge in [-0.15, -0.1) is 0 Å². The number of carbonyl (C=O) groups is 2. The first-order valence-corrected chi connectivity index (χ1v) is 8.77. The number of nitrogens with zero attached hydrogens (tertiary/aromatic N) is 2. The maximum atomic E-state index is 13.1. The lowest BCUT2D eigenvalue weighted by Gasteiger charge is -2.29. The largest absolute Gasteiger partial charge is 0.467 e. The average molecular weight is 340 g/mol. The van der Waals surface area contributed by atoms with Crippen LogP contribution in [0.15, 0.2) is 53.1 Å². The van der Waals surface area contributed by atoms with Crippen molar-refractivity contribution in [1.29, 1.82) is 0 Å². The zero-order chi connectivity index (χ0) is 17.6. The molecular formula is C20H24N2O3. The summed E-state index contributed by atoms with van der Waals surface area (Å²) in [6.45, 7) is 3.23. The van der Waals surface area contributed by atoms with Gasteiger partial charge >= 0.3 is 0 Å². The molecule has 0 aliphatic carbocycles. The van der Waals surface area contributed by atoms with Crippen molar-refractivity contribution in [3.63, 3.8) is 0 Å². The highest BCUT2D eigenvalue weighted by Gasteiger charge is 2.35. The summed E-state index contributed by atoms with van der Waals surface area (Å²) in [4.78, 5) is 28.4. The number of benzene rings is 1. The Balaban J connectivity index is 1.73. The molecule has 2 aromatic rings. The van der Waals surface area contributed by atoms with Gasteiger partial charge in [-0.2, -0.15) is 0 Å². The number of furan rings is 1. The van der Waals surface area contributed by atoms with E-state index in [9.17, 15) is 9.59 Å². The highest BCUT2D eigenvalue weighted by Crippen LogP contribution is 2.21. The van der Waals surface area contributed by atoms with Crippen LogP contribution in [0.3, 0.4) is 0 Å². The number of rotatable bonds is 6.